The van der Waals surface area contributed by atoms with Crippen molar-refractivity contribution >= 4 is 17.8 Å². The molecular weight excluding hydrogens is 377 g/mol. The molecule has 0 spiro atoms. The van der Waals surface area contributed by atoms with Crippen molar-refractivity contribution in [3.8, 4) is 0 Å². The van der Waals surface area contributed by atoms with Crippen molar-refractivity contribution in [1.82, 2.24) is 4.90 Å². The Morgan fingerprint density at radius 2 is 1.82 bits per heavy atom. The summed E-state index contributed by atoms with van der Waals surface area (Å²) in [7, 11) is 0. The van der Waals surface area contributed by atoms with E-state index in [1.807, 2.05) is 0 Å². The first-order valence-corrected chi connectivity index (χ1v) is 8.64. The van der Waals surface area contributed by atoms with Gasteiger partial charge in [-0.1, -0.05) is 6.07 Å². The molecular formula is C17H23F3N6O2. The smallest absolute Gasteiger partial charge is 0.370 e. The molecule has 8 nitrogen and oxygen atoms in total. The van der Waals surface area contributed by atoms with Gasteiger partial charge in [-0.05, 0) is 36.5 Å². The summed E-state index contributed by atoms with van der Waals surface area (Å²) < 4.78 is 40.7. The minimum Gasteiger partial charge on any atom is -0.370 e. The Bertz CT molecular complexity index is 769. The van der Waals surface area contributed by atoms with Gasteiger partial charge in [0.05, 0.1) is 11.6 Å². The average molecular weight is 400 g/mol. The number of amides is 2. The predicted octanol–water partition coefficient (Wildman–Crippen LogP) is 0.111. The summed E-state index contributed by atoms with van der Waals surface area (Å²) in [5, 5.41) is 0. The average Bonchev–Trinajstić information content (AvgIpc) is 2.65. The molecule has 0 radical (unpaired) electrons. The molecule has 1 aliphatic rings. The number of alkyl halides is 3. The van der Waals surface area contributed by atoms with Gasteiger partial charge < -0.3 is 27.8 Å². The van der Waals surface area contributed by atoms with Gasteiger partial charge in [-0.3, -0.25) is 9.59 Å². The lowest BCUT2D eigenvalue weighted by Gasteiger charge is -2.34. The minimum absolute atomic E-state index is 0.00225. The van der Waals surface area contributed by atoms with Gasteiger partial charge in [0.15, 0.2) is 5.96 Å². The molecule has 1 aromatic rings. The van der Waals surface area contributed by atoms with Crippen LogP contribution in [0.5, 0.6) is 0 Å². The van der Waals surface area contributed by atoms with Crippen molar-refractivity contribution in [3.63, 3.8) is 0 Å². The number of hydrogen-bond acceptors (Lipinski definition) is 4. The molecule has 154 valence electrons. The second-order valence-electron chi connectivity index (χ2n) is 6.58. The van der Waals surface area contributed by atoms with Gasteiger partial charge in [-0.25, -0.2) is 0 Å². The van der Waals surface area contributed by atoms with Crippen molar-refractivity contribution in [1.29, 1.82) is 0 Å². The largest absolute Gasteiger partial charge is 0.416 e. The Balaban J connectivity index is 2.25. The van der Waals surface area contributed by atoms with Crippen LogP contribution >= 0.6 is 0 Å². The van der Waals surface area contributed by atoms with Crippen LogP contribution in [0.15, 0.2) is 23.2 Å². The van der Waals surface area contributed by atoms with Crippen LogP contribution in [0, 0.1) is 0 Å². The first-order chi connectivity index (χ1) is 13.0. The molecule has 2 rings (SSSR count). The standard InChI is InChI=1S/C17H23F3N6O2/c18-17(19,20)12-7-10(14(27)25-16(23)24)1-2-11(12)9-3-5-26(6-4-9)15(28)13(22)8-21/h1-2,7,9,13H,3-6,8,21-22H2,(H4,23,24,25,27). The lowest BCUT2D eigenvalue weighted by molar-refractivity contribution is -0.139. The van der Waals surface area contributed by atoms with Crippen molar-refractivity contribution in [3.05, 3.63) is 34.9 Å². The molecule has 8 N–H and O–H groups in total. The molecule has 28 heavy (non-hydrogen) atoms. The number of guanidine groups is 1. The number of carbonyl (C=O) groups excluding carboxylic acids is 2. The highest BCUT2D eigenvalue weighted by Crippen LogP contribution is 2.39. The highest BCUT2D eigenvalue weighted by Gasteiger charge is 2.37. The van der Waals surface area contributed by atoms with E-state index in [1.54, 1.807) is 0 Å². The van der Waals surface area contributed by atoms with Crippen LogP contribution in [0.4, 0.5) is 13.2 Å². The Kier molecular flexibility index (Phi) is 6.62. The zero-order chi connectivity index (χ0) is 21.1. The zero-order valence-corrected chi connectivity index (χ0v) is 15.1. The summed E-state index contributed by atoms with van der Waals surface area (Å²) in [6.07, 6.45) is -3.97. The highest BCUT2D eigenvalue weighted by atomic mass is 19.4. The number of nitrogens with two attached hydrogens (primary N) is 4. The molecule has 0 saturated carbocycles. The highest BCUT2D eigenvalue weighted by molar-refractivity contribution is 6.02. The van der Waals surface area contributed by atoms with Gasteiger partial charge in [-0.2, -0.15) is 18.2 Å². The van der Waals surface area contributed by atoms with E-state index in [0.717, 1.165) is 6.07 Å². The van der Waals surface area contributed by atoms with Crippen LogP contribution < -0.4 is 22.9 Å². The summed E-state index contributed by atoms with van der Waals surface area (Å²) in [5.74, 6) is -2.21. The first kappa shape index (κ1) is 21.6. The number of aliphatic imine (C=N–C) groups is 1. The van der Waals surface area contributed by atoms with E-state index >= 15 is 0 Å². The number of rotatable bonds is 4. The van der Waals surface area contributed by atoms with Gasteiger partial charge >= 0.3 is 6.18 Å². The van der Waals surface area contributed by atoms with Gasteiger partial charge in [0, 0.05) is 25.2 Å². The number of nitrogens with zero attached hydrogens (tertiary/aromatic N) is 2. The summed E-state index contributed by atoms with van der Waals surface area (Å²) >= 11 is 0. The van der Waals surface area contributed by atoms with E-state index in [9.17, 15) is 22.8 Å². The normalized spacial score (nSPS) is 16.5. The fourth-order valence-electron chi connectivity index (χ4n) is 3.22. The lowest BCUT2D eigenvalue weighted by atomic mass is 9.85. The lowest BCUT2D eigenvalue weighted by Crippen LogP contribution is -2.49. The van der Waals surface area contributed by atoms with E-state index in [0.29, 0.717) is 12.8 Å². The SMILES string of the molecule is NCC(N)C(=O)N1CCC(c2ccc(C(=O)N=C(N)N)cc2C(F)(F)F)CC1. The monoisotopic (exact) mass is 400 g/mol. The van der Waals surface area contributed by atoms with Gasteiger partial charge in [-0.15, -0.1) is 0 Å². The van der Waals surface area contributed by atoms with Crippen LogP contribution in [0.2, 0.25) is 0 Å². The summed E-state index contributed by atoms with van der Waals surface area (Å²) in [4.78, 5) is 28.7. The fourth-order valence-corrected chi connectivity index (χ4v) is 3.22. The Labute approximate surface area is 159 Å². The quantitative estimate of drug-likeness (QED) is 0.415. The van der Waals surface area contributed by atoms with Crippen molar-refractivity contribution in [2.75, 3.05) is 19.6 Å². The summed E-state index contributed by atoms with van der Waals surface area (Å²) in [6.45, 7) is 0.564. The maximum atomic E-state index is 13.6. The van der Waals surface area contributed by atoms with Gasteiger partial charge in [0.1, 0.15) is 0 Å². The Morgan fingerprint density at radius 3 is 2.32 bits per heavy atom. The number of hydrogen-bond donors (Lipinski definition) is 4. The molecule has 0 bridgehead atoms. The van der Waals surface area contributed by atoms with Crippen LogP contribution in [0.1, 0.15) is 40.2 Å². The Morgan fingerprint density at radius 1 is 1.21 bits per heavy atom. The second-order valence-corrected chi connectivity index (χ2v) is 6.58. The molecule has 0 aromatic heterocycles. The van der Waals surface area contributed by atoms with Crippen LogP contribution in [0.25, 0.3) is 0 Å². The van der Waals surface area contributed by atoms with Crippen LogP contribution in [-0.2, 0) is 11.0 Å². The molecule has 11 heteroatoms. The van der Waals surface area contributed by atoms with Crippen LogP contribution in [-0.4, -0.2) is 48.3 Å². The third-order valence-corrected chi connectivity index (χ3v) is 4.65. The number of benzene rings is 1. The maximum Gasteiger partial charge on any atom is 0.416 e. The molecule has 1 aliphatic heterocycles. The summed E-state index contributed by atoms with van der Waals surface area (Å²) in [6, 6.07) is 2.47. The minimum atomic E-state index is -4.65. The Hall–Kier alpha value is -2.66. The third kappa shape index (κ3) is 4.98. The molecule has 1 aromatic carbocycles. The molecule has 2 amide bonds. The van der Waals surface area contributed by atoms with Gasteiger partial charge in [0.2, 0.25) is 5.91 Å². The molecule has 1 atom stereocenters. The van der Waals surface area contributed by atoms with Crippen molar-refractivity contribution in [2.24, 2.45) is 27.9 Å². The summed E-state index contributed by atoms with van der Waals surface area (Å²) in [5.41, 5.74) is 20.1. The number of likely N-dealkylation sites (tertiary alicyclic amines) is 1. The van der Waals surface area contributed by atoms with E-state index in [2.05, 4.69) is 4.99 Å². The van der Waals surface area contributed by atoms with Crippen molar-refractivity contribution in [2.45, 2.75) is 31.0 Å². The topological polar surface area (TPSA) is 154 Å². The molecule has 1 saturated heterocycles. The number of halogens is 3. The number of carbonyl (C=O) groups is 2. The first-order valence-electron chi connectivity index (χ1n) is 8.64. The fraction of sp³-hybridized carbons (Fsp3) is 0.471. The van der Waals surface area contributed by atoms with E-state index in [-0.39, 0.29) is 36.7 Å². The predicted molar refractivity (Wildman–Crippen MR) is 97.2 cm³/mol. The zero-order valence-electron chi connectivity index (χ0n) is 15.1. The number of piperidine rings is 1. The van der Waals surface area contributed by atoms with Crippen molar-refractivity contribution < 1.29 is 22.8 Å². The molecule has 1 heterocycles. The van der Waals surface area contributed by atoms with Crippen LogP contribution in [0.3, 0.4) is 0 Å². The van der Waals surface area contributed by atoms with E-state index < -0.39 is 35.6 Å². The van der Waals surface area contributed by atoms with E-state index in [1.165, 1.54) is 17.0 Å². The van der Waals surface area contributed by atoms with Gasteiger partial charge in [0.25, 0.3) is 5.91 Å². The maximum absolute atomic E-state index is 13.6. The third-order valence-electron chi connectivity index (χ3n) is 4.65. The molecule has 0 aliphatic carbocycles. The van der Waals surface area contributed by atoms with E-state index in [4.69, 9.17) is 22.9 Å². The molecule has 1 unspecified atom stereocenters. The second kappa shape index (κ2) is 8.57. The molecule has 1 fully saturated rings.